The third-order valence-electron chi connectivity index (χ3n) is 2.28. The summed E-state index contributed by atoms with van der Waals surface area (Å²) < 4.78 is 31.5. The Morgan fingerprint density at radius 1 is 1.44 bits per heavy atom. The standard InChI is InChI=1S/C11H11F2NO4/c1-7(15)8-3-9(11(12,13)6-18-2)5-10(4-8)14(16)17/h3-5H,6H2,1-2H3. The molecule has 0 atom stereocenters. The molecule has 98 valence electrons. The number of carbonyl (C=O) groups is 1. The number of non-ortho nitro benzene ring substituents is 1. The first-order chi connectivity index (χ1) is 8.27. The number of rotatable bonds is 5. The lowest BCUT2D eigenvalue weighted by Crippen LogP contribution is -2.20. The van der Waals surface area contributed by atoms with E-state index in [-0.39, 0.29) is 5.56 Å². The highest BCUT2D eigenvalue weighted by Crippen LogP contribution is 2.31. The van der Waals surface area contributed by atoms with Crippen molar-refractivity contribution < 1.29 is 23.2 Å². The van der Waals surface area contributed by atoms with E-state index in [4.69, 9.17) is 0 Å². The summed E-state index contributed by atoms with van der Waals surface area (Å²) in [6, 6.07) is 2.65. The first kappa shape index (κ1) is 14.2. The van der Waals surface area contributed by atoms with Gasteiger partial charge >= 0.3 is 0 Å². The number of nitro groups is 1. The number of hydrogen-bond donors (Lipinski definition) is 0. The fourth-order valence-corrected chi connectivity index (χ4v) is 1.40. The van der Waals surface area contributed by atoms with Crippen LogP contribution in [0.15, 0.2) is 18.2 Å². The van der Waals surface area contributed by atoms with Gasteiger partial charge in [-0.3, -0.25) is 14.9 Å². The van der Waals surface area contributed by atoms with Crippen molar-refractivity contribution in [3.05, 3.63) is 39.4 Å². The summed E-state index contributed by atoms with van der Waals surface area (Å²) in [5, 5.41) is 10.6. The molecule has 5 nitrogen and oxygen atoms in total. The van der Waals surface area contributed by atoms with E-state index in [2.05, 4.69) is 4.74 Å². The lowest BCUT2D eigenvalue weighted by molar-refractivity contribution is -0.385. The van der Waals surface area contributed by atoms with Gasteiger partial charge in [-0.1, -0.05) is 0 Å². The van der Waals surface area contributed by atoms with E-state index < -0.39 is 34.5 Å². The minimum atomic E-state index is -3.38. The van der Waals surface area contributed by atoms with Crippen molar-refractivity contribution >= 4 is 11.5 Å². The van der Waals surface area contributed by atoms with E-state index in [0.29, 0.717) is 0 Å². The zero-order valence-electron chi connectivity index (χ0n) is 9.78. The molecule has 0 aliphatic heterocycles. The Balaban J connectivity index is 3.35. The van der Waals surface area contributed by atoms with Crippen molar-refractivity contribution in [2.45, 2.75) is 12.8 Å². The number of ether oxygens (including phenoxy) is 1. The molecule has 0 fully saturated rings. The normalized spacial score (nSPS) is 11.3. The number of alkyl halides is 2. The molecule has 7 heteroatoms. The molecule has 18 heavy (non-hydrogen) atoms. The number of hydrogen-bond acceptors (Lipinski definition) is 4. The van der Waals surface area contributed by atoms with Crippen molar-refractivity contribution in [3.63, 3.8) is 0 Å². The number of carbonyl (C=O) groups excluding carboxylic acids is 1. The van der Waals surface area contributed by atoms with Gasteiger partial charge in [-0.15, -0.1) is 0 Å². The molecule has 1 rings (SSSR count). The quantitative estimate of drug-likeness (QED) is 0.463. The maximum absolute atomic E-state index is 13.6. The molecule has 0 radical (unpaired) electrons. The molecular weight excluding hydrogens is 248 g/mol. The first-order valence-electron chi connectivity index (χ1n) is 4.95. The fraction of sp³-hybridized carbons (Fsp3) is 0.364. The predicted molar refractivity (Wildman–Crippen MR) is 58.9 cm³/mol. The van der Waals surface area contributed by atoms with E-state index in [0.717, 1.165) is 32.2 Å². The van der Waals surface area contributed by atoms with Crippen molar-refractivity contribution in [2.75, 3.05) is 13.7 Å². The number of ketones is 1. The Morgan fingerprint density at radius 2 is 2.06 bits per heavy atom. The largest absolute Gasteiger partial charge is 0.378 e. The summed E-state index contributed by atoms with van der Waals surface area (Å²) in [6.45, 7) is 0.239. The van der Waals surface area contributed by atoms with Gasteiger partial charge in [-0.25, -0.2) is 0 Å². The Labute approximate surface area is 102 Å². The summed E-state index contributed by atoms with van der Waals surface area (Å²) >= 11 is 0. The molecule has 0 aliphatic carbocycles. The molecule has 0 spiro atoms. The van der Waals surface area contributed by atoms with E-state index in [1.165, 1.54) is 0 Å². The third-order valence-corrected chi connectivity index (χ3v) is 2.28. The number of halogens is 2. The van der Waals surface area contributed by atoms with Crippen molar-refractivity contribution in [3.8, 4) is 0 Å². The lowest BCUT2D eigenvalue weighted by atomic mass is 10.0. The number of methoxy groups -OCH3 is 1. The summed E-state index contributed by atoms with van der Waals surface area (Å²) in [6.07, 6.45) is 0. The van der Waals surface area contributed by atoms with Crippen molar-refractivity contribution in [1.82, 2.24) is 0 Å². The highest BCUT2D eigenvalue weighted by molar-refractivity contribution is 5.94. The molecule has 1 aromatic carbocycles. The van der Waals surface area contributed by atoms with Crippen LogP contribution >= 0.6 is 0 Å². The molecular formula is C11H11F2NO4. The molecule has 1 aromatic rings. The van der Waals surface area contributed by atoms with Crippen LogP contribution in [0.25, 0.3) is 0 Å². The van der Waals surface area contributed by atoms with E-state index in [9.17, 15) is 23.7 Å². The van der Waals surface area contributed by atoms with Gasteiger partial charge in [0.2, 0.25) is 0 Å². The number of nitro benzene ring substituents is 1. The monoisotopic (exact) mass is 259 g/mol. The van der Waals surface area contributed by atoms with Crippen LogP contribution in [-0.4, -0.2) is 24.4 Å². The van der Waals surface area contributed by atoms with Crippen molar-refractivity contribution in [2.24, 2.45) is 0 Å². The van der Waals surface area contributed by atoms with Gasteiger partial charge in [0, 0.05) is 30.4 Å². The molecule has 0 saturated heterocycles. The van der Waals surface area contributed by atoms with Crippen LogP contribution in [0.4, 0.5) is 14.5 Å². The molecule has 0 N–H and O–H groups in total. The van der Waals surface area contributed by atoms with Crippen LogP contribution < -0.4 is 0 Å². The first-order valence-corrected chi connectivity index (χ1v) is 4.95. The van der Waals surface area contributed by atoms with E-state index >= 15 is 0 Å². The van der Waals surface area contributed by atoms with Crippen LogP contribution in [0.5, 0.6) is 0 Å². The molecule has 0 saturated carbocycles. The van der Waals surface area contributed by atoms with Gasteiger partial charge in [-0.2, -0.15) is 8.78 Å². The highest BCUT2D eigenvalue weighted by Gasteiger charge is 2.33. The minimum absolute atomic E-state index is 0.130. The molecule has 0 amide bonds. The lowest BCUT2D eigenvalue weighted by Gasteiger charge is -2.16. The summed E-state index contributed by atoms with van der Waals surface area (Å²) in [4.78, 5) is 21.0. The molecule has 0 bridgehead atoms. The highest BCUT2D eigenvalue weighted by atomic mass is 19.3. The van der Waals surface area contributed by atoms with Gasteiger partial charge in [0.1, 0.15) is 6.61 Å². The Hall–Kier alpha value is -1.89. The van der Waals surface area contributed by atoms with Crippen molar-refractivity contribution in [1.29, 1.82) is 0 Å². The molecule has 0 heterocycles. The SMILES string of the molecule is COCC(F)(F)c1cc(C(C)=O)cc([N+](=O)[O-])c1. The van der Waals surface area contributed by atoms with Gasteiger partial charge in [0.15, 0.2) is 5.78 Å². The van der Waals surface area contributed by atoms with Crippen LogP contribution in [0.2, 0.25) is 0 Å². The van der Waals surface area contributed by atoms with Gasteiger partial charge in [0.25, 0.3) is 11.6 Å². The maximum Gasteiger partial charge on any atom is 0.296 e. The average Bonchev–Trinajstić information content (AvgIpc) is 2.28. The number of benzene rings is 1. The smallest absolute Gasteiger partial charge is 0.296 e. The Kier molecular flexibility index (Phi) is 4.07. The zero-order valence-corrected chi connectivity index (χ0v) is 9.78. The van der Waals surface area contributed by atoms with Crippen LogP contribution in [0.3, 0.4) is 0 Å². The Bertz CT molecular complexity index is 456. The molecule has 0 unspecified atom stereocenters. The summed E-state index contributed by atoms with van der Waals surface area (Å²) in [5.74, 6) is -3.90. The maximum atomic E-state index is 13.6. The minimum Gasteiger partial charge on any atom is -0.378 e. The summed E-state index contributed by atoms with van der Waals surface area (Å²) in [5.41, 5.74) is -1.28. The second-order valence-electron chi connectivity index (χ2n) is 3.72. The van der Waals surface area contributed by atoms with Crippen LogP contribution in [0, 0.1) is 10.1 Å². The number of nitrogens with zero attached hydrogens (tertiary/aromatic N) is 1. The van der Waals surface area contributed by atoms with E-state index in [1.54, 1.807) is 0 Å². The number of Topliss-reactive ketones (excluding diaryl/α,β-unsaturated/α-hetero) is 1. The predicted octanol–water partition coefficient (Wildman–Crippen LogP) is 2.54. The molecule has 0 aliphatic rings. The second kappa shape index (κ2) is 5.18. The second-order valence-corrected chi connectivity index (χ2v) is 3.72. The summed E-state index contributed by atoms with van der Waals surface area (Å²) in [7, 11) is 1.09. The topological polar surface area (TPSA) is 69.4 Å². The Morgan fingerprint density at radius 3 is 2.50 bits per heavy atom. The average molecular weight is 259 g/mol. The molecule has 0 aromatic heterocycles. The van der Waals surface area contributed by atoms with Gasteiger partial charge in [0.05, 0.1) is 4.92 Å². The zero-order chi connectivity index (χ0) is 13.9. The van der Waals surface area contributed by atoms with Gasteiger partial charge in [-0.05, 0) is 13.0 Å². The van der Waals surface area contributed by atoms with Crippen LogP contribution in [-0.2, 0) is 10.7 Å². The third kappa shape index (κ3) is 3.07. The van der Waals surface area contributed by atoms with Gasteiger partial charge < -0.3 is 4.74 Å². The fourth-order valence-electron chi connectivity index (χ4n) is 1.40. The van der Waals surface area contributed by atoms with E-state index in [1.807, 2.05) is 0 Å². The van der Waals surface area contributed by atoms with Crippen LogP contribution in [0.1, 0.15) is 22.8 Å².